The molecule has 0 aromatic heterocycles. The number of carbonyl (C=O) groups excluding carboxylic acids is 4. The number of esters is 1. The van der Waals surface area contributed by atoms with Crippen molar-refractivity contribution >= 4 is 24.4 Å². The molecule has 0 aliphatic carbocycles. The van der Waals surface area contributed by atoms with Crippen molar-refractivity contribution in [3.05, 3.63) is 23.8 Å². The van der Waals surface area contributed by atoms with Gasteiger partial charge in [0.15, 0.2) is 11.5 Å². The van der Waals surface area contributed by atoms with Gasteiger partial charge in [0.1, 0.15) is 30.5 Å². The Morgan fingerprint density at radius 3 is 1.78 bits per heavy atom. The van der Waals surface area contributed by atoms with Crippen molar-refractivity contribution in [1.82, 2.24) is 0 Å². The van der Waals surface area contributed by atoms with Crippen molar-refractivity contribution in [2.75, 3.05) is 6.61 Å². The van der Waals surface area contributed by atoms with Crippen molar-refractivity contribution in [1.29, 1.82) is 0 Å². The quantitative estimate of drug-likeness (QED) is 0.172. The molecule has 1 rings (SSSR count). The zero-order chi connectivity index (χ0) is 31.3. The fraction of sp³-hybridized carbons (Fsp3) is 0.655. The first-order chi connectivity index (χ1) is 19.0. The van der Waals surface area contributed by atoms with Crippen LogP contribution in [0, 0.1) is 5.41 Å². The van der Waals surface area contributed by atoms with Gasteiger partial charge in [-0.2, -0.15) is 0 Å². The standard InChI is InChI=1S/C29H45NO11/c1-10-17(3)36-27(33)40-23-13-12-21(15-24(23)41-28(34)37-18(4)11-2)14-22(30)25(31)38-19(5)20(6)39-26(32)35-16-29(7,8)9/h12-13,15,17-20,22H,10-11,14,16,30H2,1-9H3/t17-,18?,19?,20?,22-/m0/s1. The van der Waals surface area contributed by atoms with E-state index < -0.39 is 48.8 Å². The van der Waals surface area contributed by atoms with Gasteiger partial charge in [-0.1, -0.05) is 40.7 Å². The summed E-state index contributed by atoms with van der Waals surface area (Å²) in [7, 11) is 0. The number of rotatable bonds is 13. The molecule has 5 atom stereocenters. The van der Waals surface area contributed by atoms with Crippen molar-refractivity contribution in [2.45, 2.75) is 112 Å². The van der Waals surface area contributed by atoms with Crippen LogP contribution in [0.2, 0.25) is 0 Å². The maximum atomic E-state index is 12.7. The lowest BCUT2D eigenvalue weighted by molar-refractivity contribution is -0.155. The molecule has 0 saturated heterocycles. The van der Waals surface area contributed by atoms with E-state index in [9.17, 15) is 19.2 Å². The molecular weight excluding hydrogens is 538 g/mol. The molecule has 0 fully saturated rings. The van der Waals surface area contributed by atoms with Crippen LogP contribution in [0.25, 0.3) is 0 Å². The molecule has 0 radical (unpaired) electrons. The molecule has 0 spiro atoms. The maximum absolute atomic E-state index is 12.7. The Hall–Kier alpha value is -3.54. The highest BCUT2D eigenvalue weighted by atomic mass is 16.8. The highest BCUT2D eigenvalue weighted by molar-refractivity contribution is 5.76. The predicted molar refractivity (Wildman–Crippen MR) is 149 cm³/mol. The van der Waals surface area contributed by atoms with Crippen molar-refractivity contribution in [3.63, 3.8) is 0 Å². The van der Waals surface area contributed by atoms with E-state index in [0.717, 1.165) is 0 Å². The van der Waals surface area contributed by atoms with Crippen LogP contribution in [0.3, 0.4) is 0 Å². The largest absolute Gasteiger partial charge is 0.514 e. The van der Waals surface area contributed by atoms with Gasteiger partial charge < -0.3 is 38.9 Å². The average molecular weight is 584 g/mol. The highest BCUT2D eigenvalue weighted by Crippen LogP contribution is 2.30. The Labute approximate surface area is 242 Å². The second-order valence-electron chi connectivity index (χ2n) is 11.0. The topological polar surface area (TPSA) is 159 Å². The number of hydrogen-bond acceptors (Lipinski definition) is 12. The number of nitrogens with two attached hydrogens (primary N) is 1. The summed E-state index contributed by atoms with van der Waals surface area (Å²) in [5.74, 6) is -0.953. The van der Waals surface area contributed by atoms with E-state index in [-0.39, 0.29) is 36.0 Å². The van der Waals surface area contributed by atoms with Gasteiger partial charge in [0.05, 0.1) is 6.61 Å². The van der Waals surface area contributed by atoms with Crippen LogP contribution < -0.4 is 15.2 Å². The monoisotopic (exact) mass is 583 g/mol. The van der Waals surface area contributed by atoms with E-state index in [2.05, 4.69) is 0 Å². The Morgan fingerprint density at radius 2 is 1.27 bits per heavy atom. The molecule has 12 heteroatoms. The van der Waals surface area contributed by atoms with Gasteiger partial charge in [0.25, 0.3) is 0 Å². The first kappa shape index (κ1) is 35.5. The van der Waals surface area contributed by atoms with E-state index in [4.69, 9.17) is 38.9 Å². The summed E-state index contributed by atoms with van der Waals surface area (Å²) in [6.07, 6.45) is -4.08. The zero-order valence-corrected chi connectivity index (χ0v) is 25.5. The van der Waals surface area contributed by atoms with Crippen LogP contribution in [-0.2, 0) is 34.9 Å². The number of carbonyl (C=O) groups is 4. The summed E-state index contributed by atoms with van der Waals surface area (Å²) in [5, 5.41) is 0. The Balaban J connectivity index is 2.91. The predicted octanol–water partition coefficient (Wildman–Crippen LogP) is 5.70. The second kappa shape index (κ2) is 16.7. The van der Waals surface area contributed by atoms with Gasteiger partial charge in [-0.25, -0.2) is 14.4 Å². The first-order valence-electron chi connectivity index (χ1n) is 13.7. The fourth-order valence-corrected chi connectivity index (χ4v) is 2.83. The zero-order valence-electron chi connectivity index (χ0n) is 25.5. The molecule has 1 aromatic carbocycles. The van der Waals surface area contributed by atoms with Crippen LogP contribution in [0.15, 0.2) is 18.2 Å². The Morgan fingerprint density at radius 1 is 0.756 bits per heavy atom. The second-order valence-corrected chi connectivity index (χ2v) is 11.0. The molecule has 2 N–H and O–H groups in total. The Bertz CT molecular complexity index is 1020. The number of hydrogen-bond donors (Lipinski definition) is 1. The van der Waals surface area contributed by atoms with Crippen LogP contribution in [-0.4, -0.2) is 61.5 Å². The van der Waals surface area contributed by atoms with Gasteiger partial charge in [0.2, 0.25) is 0 Å². The molecule has 0 saturated carbocycles. The van der Waals surface area contributed by atoms with E-state index in [0.29, 0.717) is 18.4 Å². The molecule has 0 aliphatic rings. The minimum atomic E-state index is -1.11. The summed E-state index contributed by atoms with van der Waals surface area (Å²) in [5.41, 5.74) is 6.32. The fourth-order valence-electron chi connectivity index (χ4n) is 2.83. The molecule has 232 valence electrons. The van der Waals surface area contributed by atoms with Gasteiger partial charge in [-0.05, 0) is 70.1 Å². The van der Waals surface area contributed by atoms with Crippen molar-refractivity contribution in [3.8, 4) is 11.5 Å². The molecule has 0 aliphatic heterocycles. The Kier molecular flexibility index (Phi) is 14.4. The molecule has 1 aromatic rings. The molecule has 0 heterocycles. The average Bonchev–Trinajstić information content (AvgIpc) is 2.87. The third kappa shape index (κ3) is 14.1. The van der Waals surface area contributed by atoms with Gasteiger partial charge in [0, 0.05) is 0 Å². The summed E-state index contributed by atoms with van der Waals surface area (Å²) < 4.78 is 36.4. The smallest absolute Gasteiger partial charge is 0.458 e. The van der Waals surface area contributed by atoms with Crippen LogP contribution in [0.4, 0.5) is 14.4 Å². The lowest BCUT2D eigenvalue weighted by atomic mass is 9.99. The van der Waals surface area contributed by atoms with Crippen LogP contribution in [0.1, 0.15) is 80.7 Å². The van der Waals surface area contributed by atoms with Crippen LogP contribution in [0.5, 0.6) is 11.5 Å². The van der Waals surface area contributed by atoms with E-state index >= 15 is 0 Å². The third-order valence-electron chi connectivity index (χ3n) is 5.77. The number of benzene rings is 1. The molecule has 0 amide bonds. The SMILES string of the molecule is CCC(C)OC(=O)Oc1cc(C[C@H](N)C(=O)OC(C)C(C)OC(=O)OCC(C)(C)C)ccc1OC(=O)O[C@@H](C)CC. The van der Waals surface area contributed by atoms with Gasteiger partial charge in [-0.3, -0.25) is 4.79 Å². The van der Waals surface area contributed by atoms with Crippen molar-refractivity contribution in [2.24, 2.45) is 11.1 Å². The maximum Gasteiger partial charge on any atom is 0.514 e. The molecule has 41 heavy (non-hydrogen) atoms. The van der Waals surface area contributed by atoms with Gasteiger partial charge >= 0.3 is 24.4 Å². The van der Waals surface area contributed by atoms with Crippen molar-refractivity contribution < 1.29 is 52.3 Å². The summed E-state index contributed by atoms with van der Waals surface area (Å²) in [4.78, 5) is 49.0. The lowest BCUT2D eigenvalue weighted by Gasteiger charge is -2.23. The minimum absolute atomic E-state index is 0.0111. The summed E-state index contributed by atoms with van der Waals surface area (Å²) >= 11 is 0. The molecular formula is C29H45NO11. The van der Waals surface area contributed by atoms with E-state index in [1.807, 2.05) is 34.6 Å². The third-order valence-corrected chi connectivity index (χ3v) is 5.77. The normalized spacial score (nSPS) is 14.9. The van der Waals surface area contributed by atoms with Gasteiger partial charge in [-0.15, -0.1) is 0 Å². The van der Waals surface area contributed by atoms with E-state index in [1.165, 1.54) is 12.1 Å². The van der Waals surface area contributed by atoms with Crippen LogP contribution >= 0.6 is 0 Å². The molecule has 0 bridgehead atoms. The molecule has 12 nitrogen and oxygen atoms in total. The first-order valence-corrected chi connectivity index (χ1v) is 13.7. The minimum Gasteiger partial charge on any atom is -0.458 e. The number of ether oxygens (including phenoxy) is 7. The summed E-state index contributed by atoms with van der Waals surface area (Å²) in [6, 6.07) is 3.22. The molecule has 3 unspecified atom stereocenters. The van der Waals surface area contributed by atoms with E-state index in [1.54, 1.807) is 33.8 Å². The summed E-state index contributed by atoms with van der Waals surface area (Å²) in [6.45, 7) is 16.1. The lowest BCUT2D eigenvalue weighted by Crippen LogP contribution is -2.39. The highest BCUT2D eigenvalue weighted by Gasteiger charge is 2.26.